The van der Waals surface area contributed by atoms with Crippen molar-refractivity contribution in [3.8, 4) is 0 Å². The van der Waals surface area contributed by atoms with Gasteiger partial charge in [0.1, 0.15) is 5.37 Å². The van der Waals surface area contributed by atoms with E-state index in [4.69, 9.17) is 10.8 Å². The Morgan fingerprint density at radius 3 is 3.20 bits per heavy atom. The van der Waals surface area contributed by atoms with Gasteiger partial charge in [0.15, 0.2) is 0 Å². The zero-order valence-electron chi connectivity index (χ0n) is 10.0. The SMILES string of the molecule is NC1(C(=O)O)C(=O)N2C=C(CSc3nn[nH]n3)CS[C@H]21. The number of aliphatic carboxylic acids is 1. The summed E-state index contributed by atoms with van der Waals surface area (Å²) in [5.41, 5.74) is 4.85. The first-order chi connectivity index (χ1) is 9.53. The number of amides is 1. The second-order valence-electron chi connectivity index (χ2n) is 4.32. The fourth-order valence-electron chi connectivity index (χ4n) is 1.98. The van der Waals surface area contributed by atoms with Gasteiger partial charge in [-0.15, -0.1) is 22.0 Å². The van der Waals surface area contributed by atoms with E-state index in [1.807, 2.05) is 0 Å². The lowest BCUT2D eigenvalue weighted by atomic mass is 9.89. The Labute approximate surface area is 121 Å². The minimum atomic E-state index is -1.80. The maximum Gasteiger partial charge on any atom is 0.336 e. The van der Waals surface area contributed by atoms with Crippen molar-refractivity contribution in [2.75, 3.05) is 11.5 Å². The van der Waals surface area contributed by atoms with Crippen molar-refractivity contribution < 1.29 is 14.7 Å². The van der Waals surface area contributed by atoms with Crippen LogP contribution in [-0.2, 0) is 9.59 Å². The number of nitrogens with one attached hydrogen (secondary N) is 1. The molecule has 2 aliphatic heterocycles. The summed E-state index contributed by atoms with van der Waals surface area (Å²) in [5, 5.41) is 22.5. The smallest absolute Gasteiger partial charge is 0.336 e. The van der Waals surface area contributed by atoms with Crippen molar-refractivity contribution in [3.63, 3.8) is 0 Å². The molecule has 2 aliphatic rings. The van der Waals surface area contributed by atoms with E-state index in [-0.39, 0.29) is 0 Å². The topological polar surface area (TPSA) is 138 Å². The highest BCUT2D eigenvalue weighted by Gasteiger charge is 2.64. The number of carbonyl (C=O) groups is 2. The van der Waals surface area contributed by atoms with Crippen molar-refractivity contribution in [3.05, 3.63) is 11.8 Å². The fourth-order valence-corrected chi connectivity index (χ4v) is 4.14. The number of carboxylic acid groups (broad SMARTS) is 1. The van der Waals surface area contributed by atoms with E-state index >= 15 is 0 Å². The molecule has 20 heavy (non-hydrogen) atoms. The molecule has 1 unspecified atom stereocenters. The summed E-state index contributed by atoms with van der Waals surface area (Å²) < 4.78 is 0. The number of nitrogens with zero attached hydrogens (tertiary/aromatic N) is 4. The van der Waals surface area contributed by atoms with Gasteiger partial charge in [0.25, 0.3) is 5.91 Å². The number of fused-ring (bicyclic) bond motifs is 1. The number of thioether (sulfide) groups is 2. The van der Waals surface area contributed by atoms with E-state index in [0.717, 1.165) is 5.57 Å². The summed E-state index contributed by atoms with van der Waals surface area (Å²) in [6.45, 7) is 0. The normalized spacial score (nSPS) is 28.6. The van der Waals surface area contributed by atoms with Gasteiger partial charge in [-0.2, -0.15) is 5.21 Å². The predicted molar refractivity (Wildman–Crippen MR) is 70.6 cm³/mol. The monoisotopic (exact) mass is 314 g/mol. The lowest BCUT2D eigenvalue weighted by Gasteiger charge is -2.51. The molecule has 0 aromatic carbocycles. The van der Waals surface area contributed by atoms with Crippen LogP contribution < -0.4 is 5.73 Å². The molecule has 1 aromatic rings. The minimum Gasteiger partial charge on any atom is -0.479 e. The summed E-state index contributed by atoms with van der Waals surface area (Å²) in [7, 11) is 0. The summed E-state index contributed by atoms with van der Waals surface area (Å²) in [6.07, 6.45) is 1.67. The van der Waals surface area contributed by atoms with Crippen LogP contribution >= 0.6 is 23.5 Å². The molecule has 4 N–H and O–H groups in total. The van der Waals surface area contributed by atoms with Crippen molar-refractivity contribution in [1.29, 1.82) is 0 Å². The van der Waals surface area contributed by atoms with Crippen LogP contribution in [0.1, 0.15) is 0 Å². The molecule has 1 aromatic heterocycles. The molecule has 0 aliphatic carbocycles. The molecule has 3 rings (SSSR count). The molecule has 0 radical (unpaired) electrons. The third-order valence-corrected chi connectivity index (χ3v) is 5.44. The zero-order chi connectivity index (χ0) is 14.3. The second-order valence-corrected chi connectivity index (χ2v) is 6.33. The molecular formula is C9H10N6O3S2. The first-order valence-electron chi connectivity index (χ1n) is 5.56. The second kappa shape index (κ2) is 4.75. The molecule has 1 fully saturated rings. The first kappa shape index (κ1) is 13.4. The van der Waals surface area contributed by atoms with Gasteiger partial charge in [-0.1, -0.05) is 11.8 Å². The van der Waals surface area contributed by atoms with Crippen LogP contribution in [0.25, 0.3) is 0 Å². The number of carboxylic acids is 1. The predicted octanol–water partition coefficient (Wildman–Crippen LogP) is -1.13. The van der Waals surface area contributed by atoms with Crippen molar-refractivity contribution in [1.82, 2.24) is 25.5 Å². The molecule has 1 amide bonds. The van der Waals surface area contributed by atoms with Gasteiger partial charge in [0, 0.05) is 17.7 Å². The third kappa shape index (κ3) is 1.89. The Morgan fingerprint density at radius 2 is 2.55 bits per heavy atom. The average Bonchev–Trinajstić information content (AvgIpc) is 2.96. The van der Waals surface area contributed by atoms with E-state index in [1.165, 1.54) is 28.4 Å². The summed E-state index contributed by atoms with van der Waals surface area (Å²) in [6, 6.07) is 0. The summed E-state index contributed by atoms with van der Waals surface area (Å²) >= 11 is 2.74. The molecular weight excluding hydrogens is 304 g/mol. The van der Waals surface area contributed by atoms with E-state index in [2.05, 4.69) is 20.6 Å². The number of hydrogen-bond donors (Lipinski definition) is 3. The van der Waals surface area contributed by atoms with E-state index in [1.54, 1.807) is 6.20 Å². The Kier molecular flexibility index (Phi) is 3.18. The molecule has 3 heterocycles. The van der Waals surface area contributed by atoms with E-state index in [0.29, 0.717) is 16.7 Å². The number of β-lactam (4-membered cyclic amide) rings is 1. The van der Waals surface area contributed by atoms with Crippen molar-refractivity contribution in [2.24, 2.45) is 5.73 Å². The molecule has 0 spiro atoms. The van der Waals surface area contributed by atoms with Crippen LogP contribution in [0.5, 0.6) is 0 Å². The van der Waals surface area contributed by atoms with Gasteiger partial charge in [-0.3, -0.25) is 4.79 Å². The summed E-state index contributed by atoms with van der Waals surface area (Å²) in [4.78, 5) is 24.3. The molecule has 2 atom stereocenters. The van der Waals surface area contributed by atoms with Crippen molar-refractivity contribution in [2.45, 2.75) is 16.1 Å². The molecule has 106 valence electrons. The minimum absolute atomic E-state index is 0.520. The fraction of sp³-hybridized carbons (Fsp3) is 0.444. The maximum absolute atomic E-state index is 11.9. The van der Waals surface area contributed by atoms with Gasteiger partial charge in [0.2, 0.25) is 10.7 Å². The Hall–Kier alpha value is -1.59. The number of H-pyrrole nitrogens is 1. The van der Waals surface area contributed by atoms with Crippen LogP contribution in [0.2, 0.25) is 0 Å². The number of hydrogen-bond acceptors (Lipinski definition) is 8. The number of aromatic amines is 1. The van der Waals surface area contributed by atoms with Gasteiger partial charge in [-0.25, -0.2) is 4.79 Å². The van der Waals surface area contributed by atoms with Gasteiger partial charge in [-0.05, 0) is 10.8 Å². The number of rotatable bonds is 4. The highest BCUT2D eigenvalue weighted by molar-refractivity contribution is 8.01. The first-order valence-corrected chi connectivity index (χ1v) is 7.59. The maximum atomic E-state index is 11.9. The van der Waals surface area contributed by atoms with Gasteiger partial charge in [0.05, 0.1) is 0 Å². The van der Waals surface area contributed by atoms with E-state index in [9.17, 15) is 9.59 Å². The van der Waals surface area contributed by atoms with Crippen LogP contribution in [0, 0.1) is 0 Å². The highest BCUT2D eigenvalue weighted by atomic mass is 32.2. The molecule has 1 saturated heterocycles. The molecule has 0 bridgehead atoms. The van der Waals surface area contributed by atoms with Gasteiger partial charge >= 0.3 is 5.97 Å². The largest absolute Gasteiger partial charge is 0.479 e. The van der Waals surface area contributed by atoms with Crippen LogP contribution in [0.3, 0.4) is 0 Å². The number of aromatic nitrogens is 4. The quantitative estimate of drug-likeness (QED) is 0.358. The number of nitrogens with two attached hydrogens (primary N) is 1. The van der Waals surface area contributed by atoms with E-state index < -0.39 is 22.8 Å². The number of tetrazole rings is 1. The molecule has 0 saturated carbocycles. The standard InChI is InChI=1S/C9H10N6O3S2/c10-9(7(17)18)5(16)15-1-4(2-19-6(9)15)3-20-8-11-13-14-12-8/h1,6H,2-3,10H2,(H,17,18)(H,11,12,13,14)/t6-,9?/m0/s1. The average molecular weight is 314 g/mol. The highest BCUT2D eigenvalue weighted by Crippen LogP contribution is 2.42. The van der Waals surface area contributed by atoms with Crippen molar-refractivity contribution >= 4 is 35.4 Å². The van der Waals surface area contributed by atoms with Crippen LogP contribution in [0.4, 0.5) is 0 Å². The zero-order valence-corrected chi connectivity index (χ0v) is 11.6. The van der Waals surface area contributed by atoms with Crippen LogP contribution in [0.15, 0.2) is 16.9 Å². The lowest BCUT2D eigenvalue weighted by Crippen LogP contribution is -2.79. The Bertz CT molecular complexity index is 591. The third-order valence-electron chi connectivity index (χ3n) is 3.05. The lowest BCUT2D eigenvalue weighted by molar-refractivity contribution is -0.164. The van der Waals surface area contributed by atoms with Crippen LogP contribution in [-0.4, -0.2) is 64.9 Å². The molecule has 9 nitrogen and oxygen atoms in total. The summed E-state index contributed by atoms with van der Waals surface area (Å²) in [5.74, 6) is -0.641. The number of carbonyl (C=O) groups excluding carboxylic acids is 1. The Morgan fingerprint density at radius 1 is 1.75 bits per heavy atom. The Balaban J connectivity index is 1.68. The molecule has 11 heteroatoms. The van der Waals surface area contributed by atoms with Gasteiger partial charge < -0.3 is 15.7 Å².